The molecule has 0 bridgehead atoms. The number of pyridine rings is 1. The third kappa shape index (κ3) is 3.40. The molecule has 4 rings (SSSR count). The minimum Gasteiger partial charge on any atom is -0.437 e. The molecule has 0 unspecified atom stereocenters. The van der Waals surface area contributed by atoms with Gasteiger partial charge in [0.05, 0.1) is 11.9 Å². The zero-order chi connectivity index (χ0) is 17.1. The van der Waals surface area contributed by atoms with E-state index < -0.39 is 0 Å². The number of anilines is 1. The number of rotatable bonds is 3. The molecule has 0 saturated heterocycles. The number of nitrogens with zero attached hydrogens (tertiary/aromatic N) is 6. The molecule has 7 nitrogen and oxygen atoms in total. The van der Waals surface area contributed by atoms with E-state index in [9.17, 15) is 0 Å². The summed E-state index contributed by atoms with van der Waals surface area (Å²) in [5.74, 6) is 2.03. The Balaban J connectivity index is 1.57. The first-order valence-electron chi connectivity index (χ1n) is 8.24. The summed E-state index contributed by atoms with van der Waals surface area (Å²) >= 11 is 0. The van der Waals surface area contributed by atoms with Crippen LogP contribution in [0.25, 0.3) is 0 Å². The molecule has 3 aromatic heterocycles. The van der Waals surface area contributed by atoms with Gasteiger partial charge in [-0.15, -0.1) is 0 Å². The van der Waals surface area contributed by atoms with E-state index >= 15 is 0 Å². The van der Waals surface area contributed by atoms with E-state index in [1.54, 1.807) is 18.7 Å². The number of fused-ring (bicyclic) bond motifs is 1. The Morgan fingerprint density at radius 3 is 2.64 bits per heavy atom. The lowest BCUT2D eigenvalue weighted by atomic mass is 10.1. The summed E-state index contributed by atoms with van der Waals surface area (Å²) < 4.78 is 5.93. The van der Waals surface area contributed by atoms with Gasteiger partial charge < -0.3 is 9.64 Å². The second kappa shape index (κ2) is 6.80. The van der Waals surface area contributed by atoms with Crippen molar-refractivity contribution < 1.29 is 4.74 Å². The molecule has 25 heavy (non-hydrogen) atoms. The average molecular weight is 334 g/mol. The van der Waals surface area contributed by atoms with Crippen LogP contribution in [0.4, 0.5) is 5.95 Å². The third-order valence-electron chi connectivity index (χ3n) is 4.14. The Morgan fingerprint density at radius 1 is 1.00 bits per heavy atom. The van der Waals surface area contributed by atoms with E-state index in [2.05, 4.69) is 29.8 Å². The van der Waals surface area contributed by atoms with Crippen LogP contribution in [0.5, 0.6) is 11.6 Å². The summed E-state index contributed by atoms with van der Waals surface area (Å²) in [6.45, 7) is 3.60. The number of aromatic nitrogens is 5. The Kier molecular flexibility index (Phi) is 4.20. The fraction of sp³-hybridized carbons (Fsp3) is 0.278. The van der Waals surface area contributed by atoms with E-state index in [-0.39, 0.29) is 0 Å². The van der Waals surface area contributed by atoms with Gasteiger partial charge in [-0.1, -0.05) is 0 Å². The normalized spacial score (nSPS) is 13.9. The molecule has 4 heterocycles. The molecule has 0 aromatic carbocycles. The summed E-state index contributed by atoms with van der Waals surface area (Å²) in [6.07, 6.45) is 10.2. The summed E-state index contributed by atoms with van der Waals surface area (Å²) in [7, 11) is 0. The maximum atomic E-state index is 5.93. The van der Waals surface area contributed by atoms with Crippen molar-refractivity contribution in [3.63, 3.8) is 0 Å². The predicted octanol–water partition coefficient (Wildman–Crippen LogP) is 2.37. The van der Waals surface area contributed by atoms with Gasteiger partial charge in [-0.05, 0) is 31.0 Å². The molecular weight excluding hydrogens is 316 g/mol. The zero-order valence-electron chi connectivity index (χ0n) is 14.0. The van der Waals surface area contributed by atoms with E-state index in [1.165, 1.54) is 0 Å². The first kappa shape index (κ1) is 15.4. The topological polar surface area (TPSA) is 76.9 Å². The molecule has 1 aliphatic heterocycles. The van der Waals surface area contributed by atoms with Gasteiger partial charge in [0.15, 0.2) is 0 Å². The van der Waals surface area contributed by atoms with Gasteiger partial charge in [-0.25, -0.2) is 19.9 Å². The molecule has 0 saturated carbocycles. The van der Waals surface area contributed by atoms with Crippen LogP contribution >= 0.6 is 0 Å². The first-order chi connectivity index (χ1) is 12.3. The van der Waals surface area contributed by atoms with Crippen LogP contribution in [-0.4, -0.2) is 38.0 Å². The molecule has 0 spiro atoms. The lowest BCUT2D eigenvalue weighted by Gasteiger charge is -2.19. The molecule has 1 aliphatic rings. The fourth-order valence-electron chi connectivity index (χ4n) is 2.85. The van der Waals surface area contributed by atoms with Crippen molar-refractivity contribution in [3.05, 3.63) is 60.1 Å². The van der Waals surface area contributed by atoms with Crippen LogP contribution in [0.1, 0.15) is 16.8 Å². The Bertz CT molecular complexity index is 853. The van der Waals surface area contributed by atoms with Gasteiger partial charge in [0.2, 0.25) is 11.8 Å². The van der Waals surface area contributed by atoms with Crippen LogP contribution in [-0.2, 0) is 12.8 Å². The molecule has 0 amide bonds. The van der Waals surface area contributed by atoms with Gasteiger partial charge in [0, 0.05) is 43.7 Å². The molecule has 0 atom stereocenters. The van der Waals surface area contributed by atoms with E-state index in [0.29, 0.717) is 11.6 Å². The highest BCUT2D eigenvalue weighted by Crippen LogP contribution is 2.27. The van der Waals surface area contributed by atoms with E-state index in [1.807, 2.05) is 31.5 Å². The van der Waals surface area contributed by atoms with Gasteiger partial charge in [-0.2, -0.15) is 0 Å². The Morgan fingerprint density at radius 2 is 1.84 bits per heavy atom. The Labute approximate surface area is 145 Å². The van der Waals surface area contributed by atoms with Crippen molar-refractivity contribution in [2.75, 3.05) is 18.0 Å². The van der Waals surface area contributed by atoms with Crippen molar-refractivity contribution in [2.24, 2.45) is 0 Å². The monoisotopic (exact) mass is 334 g/mol. The average Bonchev–Trinajstić information content (AvgIpc) is 2.87. The van der Waals surface area contributed by atoms with Gasteiger partial charge in [0.25, 0.3) is 0 Å². The van der Waals surface area contributed by atoms with Crippen LogP contribution in [0.2, 0.25) is 0 Å². The minimum absolute atomic E-state index is 0.602. The maximum Gasteiger partial charge on any atom is 0.225 e. The second-order valence-electron chi connectivity index (χ2n) is 5.94. The van der Waals surface area contributed by atoms with Gasteiger partial charge >= 0.3 is 0 Å². The Hall–Kier alpha value is -3.09. The number of aryl methyl sites for hydroxylation is 1. The standard InChI is InChI=1S/C18H18N6O/c1-13-9-20-18(21-10-13)24-7-4-15-16(5-8-24)22-12-23-17(15)25-14-3-2-6-19-11-14/h2-3,6,9-12H,4-5,7-8H2,1H3. The van der Waals surface area contributed by atoms with Crippen molar-refractivity contribution in [1.29, 1.82) is 0 Å². The van der Waals surface area contributed by atoms with E-state index in [0.717, 1.165) is 48.7 Å². The molecule has 0 aliphatic carbocycles. The summed E-state index contributed by atoms with van der Waals surface area (Å²) in [4.78, 5) is 23.9. The third-order valence-corrected chi connectivity index (χ3v) is 4.14. The van der Waals surface area contributed by atoms with Crippen LogP contribution < -0.4 is 9.64 Å². The lowest BCUT2D eigenvalue weighted by molar-refractivity contribution is 0.451. The predicted molar refractivity (Wildman–Crippen MR) is 92.7 cm³/mol. The van der Waals surface area contributed by atoms with Crippen molar-refractivity contribution in [3.8, 4) is 11.6 Å². The number of hydrogen-bond acceptors (Lipinski definition) is 7. The molecule has 126 valence electrons. The molecule has 0 radical (unpaired) electrons. The van der Waals surface area contributed by atoms with Crippen molar-refractivity contribution in [2.45, 2.75) is 19.8 Å². The smallest absolute Gasteiger partial charge is 0.225 e. The lowest BCUT2D eigenvalue weighted by Crippen LogP contribution is -2.27. The quantitative estimate of drug-likeness (QED) is 0.727. The van der Waals surface area contributed by atoms with Crippen molar-refractivity contribution in [1.82, 2.24) is 24.9 Å². The summed E-state index contributed by atoms with van der Waals surface area (Å²) in [5, 5.41) is 0. The highest BCUT2D eigenvalue weighted by Gasteiger charge is 2.21. The number of ether oxygens (including phenoxy) is 1. The fourth-order valence-corrected chi connectivity index (χ4v) is 2.85. The summed E-state index contributed by atoms with van der Waals surface area (Å²) in [5.41, 5.74) is 3.12. The number of hydrogen-bond donors (Lipinski definition) is 0. The molecule has 3 aromatic rings. The largest absolute Gasteiger partial charge is 0.437 e. The van der Waals surface area contributed by atoms with Crippen LogP contribution in [0, 0.1) is 6.92 Å². The highest BCUT2D eigenvalue weighted by atomic mass is 16.5. The summed E-state index contributed by atoms with van der Waals surface area (Å²) in [6, 6.07) is 3.70. The second-order valence-corrected chi connectivity index (χ2v) is 5.94. The molecule has 0 fully saturated rings. The molecule has 0 N–H and O–H groups in total. The highest BCUT2D eigenvalue weighted by molar-refractivity contribution is 5.39. The zero-order valence-corrected chi connectivity index (χ0v) is 14.0. The minimum atomic E-state index is 0.602. The van der Waals surface area contributed by atoms with Crippen molar-refractivity contribution >= 4 is 5.95 Å². The van der Waals surface area contributed by atoms with Crippen LogP contribution in [0.15, 0.2) is 43.2 Å². The van der Waals surface area contributed by atoms with Crippen LogP contribution in [0.3, 0.4) is 0 Å². The van der Waals surface area contributed by atoms with Gasteiger partial charge in [-0.3, -0.25) is 4.98 Å². The first-order valence-corrected chi connectivity index (χ1v) is 8.24. The molecule has 7 heteroatoms. The maximum absolute atomic E-state index is 5.93. The van der Waals surface area contributed by atoms with E-state index in [4.69, 9.17) is 4.74 Å². The SMILES string of the molecule is Cc1cnc(N2CCc3ncnc(Oc4cccnc4)c3CC2)nc1. The molecular formula is C18H18N6O. The van der Waals surface area contributed by atoms with Gasteiger partial charge in [0.1, 0.15) is 12.1 Å².